The fourth-order valence-electron chi connectivity index (χ4n) is 2.21. The van der Waals surface area contributed by atoms with E-state index in [2.05, 4.69) is 27.7 Å². The van der Waals surface area contributed by atoms with E-state index in [1.54, 1.807) is 0 Å². The number of phenols is 1. The van der Waals surface area contributed by atoms with Crippen molar-refractivity contribution in [3.8, 4) is 5.75 Å². The van der Waals surface area contributed by atoms with Gasteiger partial charge in [0.1, 0.15) is 5.75 Å². The van der Waals surface area contributed by atoms with Gasteiger partial charge in [-0.1, -0.05) is 26.0 Å². The first-order valence-electron chi connectivity index (χ1n) is 6.73. The Kier molecular flexibility index (Phi) is 3.44. The Hall–Kier alpha value is -0.995. The Labute approximate surface area is 116 Å². The maximum absolute atomic E-state index is 9.83. The Morgan fingerprint density at radius 3 is 2.11 bits per heavy atom. The highest BCUT2D eigenvalue weighted by molar-refractivity contribution is 6.61. The van der Waals surface area contributed by atoms with E-state index in [-0.39, 0.29) is 18.1 Å². The molecule has 3 nitrogen and oxygen atoms in total. The van der Waals surface area contributed by atoms with Crippen molar-refractivity contribution in [2.24, 2.45) is 5.41 Å². The van der Waals surface area contributed by atoms with E-state index in [4.69, 9.17) is 9.31 Å². The molecule has 4 heteroatoms. The molecule has 1 aliphatic heterocycles. The maximum atomic E-state index is 9.83. The van der Waals surface area contributed by atoms with Crippen LogP contribution in [0.4, 0.5) is 0 Å². The topological polar surface area (TPSA) is 38.7 Å². The molecule has 19 heavy (non-hydrogen) atoms. The maximum Gasteiger partial charge on any atom is 0.494 e. The first-order valence-corrected chi connectivity index (χ1v) is 6.73. The minimum Gasteiger partial charge on any atom is -0.507 e. The third kappa shape index (κ3) is 2.52. The third-order valence-corrected chi connectivity index (χ3v) is 4.41. The molecule has 1 aliphatic rings. The van der Waals surface area contributed by atoms with Crippen molar-refractivity contribution < 1.29 is 14.4 Å². The van der Waals surface area contributed by atoms with E-state index in [1.165, 1.54) is 0 Å². The van der Waals surface area contributed by atoms with Crippen LogP contribution in [-0.4, -0.2) is 24.4 Å². The number of rotatable bonds is 1. The van der Waals surface area contributed by atoms with E-state index >= 15 is 0 Å². The van der Waals surface area contributed by atoms with Gasteiger partial charge in [0, 0.05) is 12.0 Å². The number of benzene rings is 1. The second-order valence-electron chi connectivity index (χ2n) is 6.66. The normalized spacial score (nSPS) is 21.5. The van der Waals surface area contributed by atoms with Crippen molar-refractivity contribution in [3.05, 3.63) is 23.3 Å². The van der Waals surface area contributed by atoms with E-state index in [1.807, 2.05) is 26.0 Å². The number of aryl methyl sites for hydroxylation is 2. The van der Waals surface area contributed by atoms with Crippen LogP contribution < -0.4 is 5.46 Å². The summed E-state index contributed by atoms with van der Waals surface area (Å²) in [7, 11) is -0.360. The molecule has 1 saturated heterocycles. The Morgan fingerprint density at radius 1 is 1.11 bits per heavy atom. The van der Waals surface area contributed by atoms with Gasteiger partial charge in [-0.3, -0.25) is 0 Å². The molecule has 0 aromatic heterocycles. The second-order valence-corrected chi connectivity index (χ2v) is 6.66. The van der Waals surface area contributed by atoms with Crippen molar-refractivity contribution in [1.29, 1.82) is 0 Å². The number of phenolic OH excluding ortho intramolecular Hbond substituents is 1. The summed E-state index contributed by atoms with van der Waals surface area (Å²) >= 11 is 0. The molecule has 0 radical (unpaired) electrons. The predicted octanol–water partition coefficient (Wildman–Crippen LogP) is 2.56. The molecule has 0 aliphatic carbocycles. The second kappa shape index (κ2) is 4.53. The third-order valence-electron chi connectivity index (χ3n) is 4.41. The Bertz CT molecular complexity index is 471. The average Bonchev–Trinajstić information content (AvgIpc) is 2.29. The van der Waals surface area contributed by atoms with Crippen LogP contribution in [0.25, 0.3) is 0 Å². The first kappa shape index (κ1) is 14.4. The lowest BCUT2D eigenvalue weighted by molar-refractivity contribution is -0.0937. The highest BCUT2D eigenvalue weighted by Crippen LogP contribution is 2.38. The number of hydrogen-bond donors (Lipinski definition) is 1. The smallest absolute Gasteiger partial charge is 0.494 e. The zero-order valence-corrected chi connectivity index (χ0v) is 12.7. The Morgan fingerprint density at radius 2 is 1.63 bits per heavy atom. The molecule has 0 saturated carbocycles. The van der Waals surface area contributed by atoms with Gasteiger partial charge in [0.25, 0.3) is 0 Å². The molecule has 1 aromatic rings. The van der Waals surface area contributed by atoms with Gasteiger partial charge in [-0.05, 0) is 44.3 Å². The lowest BCUT2D eigenvalue weighted by Crippen LogP contribution is -2.58. The molecule has 2 rings (SSSR count). The Balaban J connectivity index is 2.30. The summed E-state index contributed by atoms with van der Waals surface area (Å²) in [5.74, 6) is 0.346. The lowest BCUT2D eigenvalue weighted by Gasteiger charge is -2.47. The van der Waals surface area contributed by atoms with E-state index < -0.39 is 0 Å². The van der Waals surface area contributed by atoms with Crippen molar-refractivity contribution in [3.63, 3.8) is 0 Å². The fourth-order valence-corrected chi connectivity index (χ4v) is 2.21. The minimum atomic E-state index is -0.360. The molecule has 1 N–H and O–H groups in total. The van der Waals surface area contributed by atoms with Crippen molar-refractivity contribution in [1.82, 2.24) is 0 Å². The summed E-state index contributed by atoms with van der Waals surface area (Å²) in [5.41, 5.74) is 2.39. The summed E-state index contributed by atoms with van der Waals surface area (Å²) in [5, 5.41) is 9.83. The van der Waals surface area contributed by atoms with E-state index in [0.29, 0.717) is 12.4 Å². The van der Waals surface area contributed by atoms with Crippen LogP contribution in [0.1, 0.15) is 38.8 Å². The minimum absolute atomic E-state index is 0.0233. The lowest BCUT2D eigenvalue weighted by atomic mass is 9.68. The summed E-state index contributed by atoms with van der Waals surface area (Å²) in [6.07, 6.45) is 0. The molecule has 1 fully saturated rings. The van der Waals surface area contributed by atoms with Gasteiger partial charge in [0.15, 0.2) is 0 Å². The van der Waals surface area contributed by atoms with Crippen molar-refractivity contribution >= 4 is 12.6 Å². The molecular weight excluding hydrogens is 239 g/mol. The van der Waals surface area contributed by atoms with Crippen LogP contribution in [0.2, 0.25) is 0 Å². The predicted molar refractivity (Wildman–Crippen MR) is 77.9 cm³/mol. The zero-order valence-electron chi connectivity index (χ0n) is 12.7. The largest absolute Gasteiger partial charge is 0.507 e. The van der Waals surface area contributed by atoms with Gasteiger partial charge in [0.2, 0.25) is 0 Å². The molecule has 0 bridgehead atoms. The average molecular weight is 262 g/mol. The zero-order chi connectivity index (χ0) is 14.4. The fraction of sp³-hybridized carbons (Fsp3) is 0.600. The highest BCUT2D eigenvalue weighted by Gasteiger charge is 2.46. The summed E-state index contributed by atoms with van der Waals surface area (Å²) in [6, 6.07) is 3.86. The van der Waals surface area contributed by atoms with Gasteiger partial charge in [-0.15, -0.1) is 0 Å². The highest BCUT2D eigenvalue weighted by atomic mass is 16.6. The van der Waals surface area contributed by atoms with Gasteiger partial charge in [-0.2, -0.15) is 0 Å². The van der Waals surface area contributed by atoms with Gasteiger partial charge < -0.3 is 14.4 Å². The molecule has 0 spiro atoms. The van der Waals surface area contributed by atoms with Gasteiger partial charge in [-0.25, -0.2) is 0 Å². The molecule has 1 aromatic carbocycles. The summed E-state index contributed by atoms with van der Waals surface area (Å²) in [4.78, 5) is 0. The summed E-state index contributed by atoms with van der Waals surface area (Å²) < 4.78 is 12.0. The standard InChI is InChI=1S/C15H23BO3/c1-10-7-12(8-11(2)13(10)17)16-18-9-14(3,4)15(5,6)19-16/h7-8,17H,9H2,1-6H3. The van der Waals surface area contributed by atoms with E-state index in [0.717, 1.165) is 16.6 Å². The van der Waals surface area contributed by atoms with Crippen LogP contribution in [0.15, 0.2) is 12.1 Å². The van der Waals surface area contributed by atoms with Crippen molar-refractivity contribution in [2.45, 2.75) is 47.1 Å². The number of hydrogen-bond acceptors (Lipinski definition) is 3. The van der Waals surface area contributed by atoms with Crippen LogP contribution in [0.5, 0.6) is 5.75 Å². The molecule has 0 amide bonds. The molecule has 1 heterocycles. The van der Waals surface area contributed by atoms with Crippen LogP contribution >= 0.6 is 0 Å². The summed E-state index contributed by atoms with van der Waals surface area (Å²) in [6.45, 7) is 12.9. The van der Waals surface area contributed by atoms with Crippen LogP contribution in [0.3, 0.4) is 0 Å². The number of aromatic hydroxyl groups is 1. The van der Waals surface area contributed by atoms with Gasteiger partial charge >= 0.3 is 7.12 Å². The quantitative estimate of drug-likeness (QED) is 0.790. The first-order chi connectivity index (χ1) is 8.64. The molecule has 104 valence electrons. The SMILES string of the molecule is Cc1cc(B2OCC(C)(C)C(C)(C)O2)cc(C)c1O. The van der Waals surface area contributed by atoms with Crippen LogP contribution in [0, 0.1) is 19.3 Å². The van der Waals surface area contributed by atoms with Crippen molar-refractivity contribution in [2.75, 3.05) is 6.61 Å². The molecule has 0 unspecified atom stereocenters. The molecular formula is C15H23BO3. The van der Waals surface area contributed by atoms with Crippen LogP contribution in [-0.2, 0) is 9.31 Å². The van der Waals surface area contributed by atoms with E-state index in [9.17, 15) is 5.11 Å². The van der Waals surface area contributed by atoms with Gasteiger partial charge in [0.05, 0.1) is 5.60 Å². The molecule has 0 atom stereocenters. The monoisotopic (exact) mass is 262 g/mol.